The zero-order chi connectivity index (χ0) is 13.1. The molecule has 0 aliphatic heterocycles. The highest BCUT2D eigenvalue weighted by molar-refractivity contribution is 7.09. The van der Waals surface area contributed by atoms with E-state index in [0.29, 0.717) is 6.54 Å². The van der Waals surface area contributed by atoms with Crippen LogP contribution >= 0.6 is 11.3 Å². The van der Waals surface area contributed by atoms with Crippen LogP contribution < -0.4 is 0 Å². The quantitative estimate of drug-likeness (QED) is 0.848. The second-order valence-corrected chi connectivity index (χ2v) is 5.93. The Bertz CT molecular complexity index is 347. The molecule has 1 unspecified atom stereocenters. The first-order valence-electron chi connectivity index (χ1n) is 5.70. The van der Waals surface area contributed by atoms with Crippen LogP contribution in [0.1, 0.15) is 37.6 Å². The molecule has 0 radical (unpaired) electrons. The number of nitrogens with zero attached hydrogens (tertiary/aromatic N) is 2. The van der Waals surface area contributed by atoms with Crippen LogP contribution in [0.5, 0.6) is 0 Å². The first-order valence-corrected chi connectivity index (χ1v) is 6.58. The van der Waals surface area contributed by atoms with Crippen LogP contribution in [0, 0.1) is 0 Å². The summed E-state index contributed by atoms with van der Waals surface area (Å²) in [6.45, 7) is 6.98. The number of hydrogen-bond acceptors (Lipinski definition) is 5. The molecule has 1 N–H and O–H groups in total. The van der Waals surface area contributed by atoms with Gasteiger partial charge < -0.3 is 9.84 Å². The lowest BCUT2D eigenvalue weighted by atomic mass is 10.1. The number of ether oxygens (including phenoxy) is 1. The molecule has 0 saturated heterocycles. The van der Waals surface area contributed by atoms with Crippen molar-refractivity contribution in [2.24, 2.45) is 0 Å². The number of hydrogen-bond donors (Lipinski definition) is 1. The van der Waals surface area contributed by atoms with Gasteiger partial charge >= 0.3 is 0 Å². The van der Waals surface area contributed by atoms with Crippen molar-refractivity contribution >= 4 is 11.3 Å². The van der Waals surface area contributed by atoms with Crippen LogP contribution in [-0.4, -0.2) is 41.3 Å². The van der Waals surface area contributed by atoms with Crippen LogP contribution in [0.25, 0.3) is 0 Å². The lowest BCUT2D eigenvalue weighted by molar-refractivity contribution is 0.0421. The first kappa shape index (κ1) is 14.6. The summed E-state index contributed by atoms with van der Waals surface area (Å²) in [5.74, 6) is 0. The van der Waals surface area contributed by atoms with E-state index in [1.165, 1.54) is 0 Å². The molecule has 1 atom stereocenters. The summed E-state index contributed by atoms with van der Waals surface area (Å²) in [4.78, 5) is 6.59. The molecular formula is C12H22N2O2S. The normalized spacial score (nSPS) is 14.3. The molecule has 0 amide bonds. The molecule has 1 aromatic rings. The van der Waals surface area contributed by atoms with E-state index < -0.39 is 5.60 Å². The predicted molar refractivity (Wildman–Crippen MR) is 70.2 cm³/mol. The highest BCUT2D eigenvalue weighted by atomic mass is 32.1. The Labute approximate surface area is 107 Å². The third-order valence-corrected chi connectivity index (χ3v) is 3.41. The van der Waals surface area contributed by atoms with Crippen molar-refractivity contribution in [2.75, 3.05) is 20.7 Å². The number of aromatic nitrogens is 1. The van der Waals surface area contributed by atoms with E-state index in [1.54, 1.807) is 18.4 Å². The van der Waals surface area contributed by atoms with Gasteiger partial charge in [-0.05, 0) is 27.8 Å². The molecule has 0 aliphatic rings. The fourth-order valence-corrected chi connectivity index (χ4v) is 2.52. The van der Waals surface area contributed by atoms with Crippen LogP contribution in [0.4, 0.5) is 0 Å². The highest BCUT2D eigenvalue weighted by Gasteiger charge is 2.17. The summed E-state index contributed by atoms with van der Waals surface area (Å²) in [6, 6.07) is 0. The van der Waals surface area contributed by atoms with E-state index in [0.717, 1.165) is 17.2 Å². The van der Waals surface area contributed by atoms with Gasteiger partial charge in [0.2, 0.25) is 0 Å². The molecule has 0 bridgehead atoms. The number of aliphatic hydroxyl groups is 1. The van der Waals surface area contributed by atoms with E-state index >= 15 is 0 Å². The zero-order valence-corrected chi connectivity index (χ0v) is 12.0. The number of thiazole rings is 1. The van der Waals surface area contributed by atoms with E-state index in [4.69, 9.17) is 4.74 Å². The topological polar surface area (TPSA) is 45.6 Å². The van der Waals surface area contributed by atoms with E-state index in [9.17, 15) is 5.11 Å². The molecular weight excluding hydrogens is 236 g/mol. The SMILES string of the molecule is COC(C)c1nc(CN(C)CC(C)(C)O)cs1. The largest absolute Gasteiger partial charge is 0.389 e. The molecule has 1 heterocycles. The summed E-state index contributed by atoms with van der Waals surface area (Å²) in [7, 11) is 3.67. The first-order chi connectivity index (χ1) is 7.81. The Morgan fingerprint density at radius 2 is 2.24 bits per heavy atom. The Morgan fingerprint density at radius 1 is 1.59 bits per heavy atom. The maximum Gasteiger partial charge on any atom is 0.122 e. The van der Waals surface area contributed by atoms with Crippen LogP contribution in [0.2, 0.25) is 0 Å². The summed E-state index contributed by atoms with van der Waals surface area (Å²) >= 11 is 1.62. The molecule has 0 aliphatic carbocycles. The van der Waals surface area contributed by atoms with Gasteiger partial charge in [-0.15, -0.1) is 11.3 Å². The van der Waals surface area contributed by atoms with E-state index in [1.807, 2.05) is 33.2 Å². The molecule has 5 heteroatoms. The van der Waals surface area contributed by atoms with Gasteiger partial charge in [0.05, 0.1) is 11.3 Å². The van der Waals surface area contributed by atoms with Crippen molar-refractivity contribution in [3.05, 3.63) is 16.1 Å². The van der Waals surface area contributed by atoms with Gasteiger partial charge in [-0.3, -0.25) is 4.90 Å². The summed E-state index contributed by atoms with van der Waals surface area (Å²) in [5.41, 5.74) is 0.355. The fourth-order valence-electron chi connectivity index (χ4n) is 1.68. The predicted octanol–water partition coefficient (Wildman–Crippen LogP) is 2.05. The molecule has 98 valence electrons. The van der Waals surface area contributed by atoms with Gasteiger partial charge in [0.1, 0.15) is 11.1 Å². The lowest BCUT2D eigenvalue weighted by Gasteiger charge is -2.24. The fraction of sp³-hybridized carbons (Fsp3) is 0.750. The molecule has 1 aromatic heterocycles. The van der Waals surface area contributed by atoms with E-state index in [-0.39, 0.29) is 6.10 Å². The average Bonchev–Trinajstić information content (AvgIpc) is 2.62. The van der Waals surface area contributed by atoms with Crippen molar-refractivity contribution < 1.29 is 9.84 Å². The van der Waals surface area contributed by atoms with Crippen molar-refractivity contribution in [3.63, 3.8) is 0 Å². The van der Waals surface area contributed by atoms with Crippen molar-refractivity contribution in [3.8, 4) is 0 Å². The zero-order valence-electron chi connectivity index (χ0n) is 11.2. The van der Waals surface area contributed by atoms with Gasteiger partial charge in [-0.1, -0.05) is 0 Å². The third-order valence-electron chi connectivity index (χ3n) is 2.36. The van der Waals surface area contributed by atoms with Crippen molar-refractivity contribution in [1.29, 1.82) is 0 Å². The average molecular weight is 258 g/mol. The smallest absolute Gasteiger partial charge is 0.122 e. The third kappa shape index (κ3) is 5.12. The highest BCUT2D eigenvalue weighted by Crippen LogP contribution is 2.21. The molecule has 17 heavy (non-hydrogen) atoms. The molecule has 4 nitrogen and oxygen atoms in total. The number of rotatable bonds is 6. The Kier molecular flexibility index (Phi) is 5.06. The standard InChI is InChI=1S/C12H22N2O2S/c1-9(16-5)11-13-10(7-17-11)6-14(4)8-12(2,3)15/h7,9,15H,6,8H2,1-5H3. The van der Waals surface area contributed by atoms with Gasteiger partial charge in [-0.25, -0.2) is 4.98 Å². The summed E-state index contributed by atoms with van der Waals surface area (Å²) < 4.78 is 5.23. The van der Waals surface area contributed by atoms with Crippen LogP contribution in [0.3, 0.4) is 0 Å². The second kappa shape index (κ2) is 5.91. The summed E-state index contributed by atoms with van der Waals surface area (Å²) in [5, 5.41) is 12.8. The Hall–Kier alpha value is -0.490. The monoisotopic (exact) mass is 258 g/mol. The maximum atomic E-state index is 9.72. The van der Waals surface area contributed by atoms with Gasteiger partial charge in [-0.2, -0.15) is 0 Å². The van der Waals surface area contributed by atoms with Gasteiger partial charge in [0, 0.05) is 25.6 Å². The van der Waals surface area contributed by atoms with Crippen LogP contribution in [0.15, 0.2) is 5.38 Å². The minimum absolute atomic E-state index is 0.0494. The van der Waals surface area contributed by atoms with Gasteiger partial charge in [0.15, 0.2) is 0 Å². The lowest BCUT2D eigenvalue weighted by Crippen LogP contribution is -2.35. The Balaban J connectivity index is 2.54. The van der Waals surface area contributed by atoms with Crippen molar-refractivity contribution in [2.45, 2.75) is 39.0 Å². The Morgan fingerprint density at radius 3 is 2.76 bits per heavy atom. The minimum atomic E-state index is -0.673. The molecule has 1 rings (SSSR count). The summed E-state index contributed by atoms with van der Waals surface area (Å²) in [6.07, 6.45) is 0.0494. The minimum Gasteiger partial charge on any atom is -0.389 e. The van der Waals surface area contributed by atoms with Crippen molar-refractivity contribution in [1.82, 2.24) is 9.88 Å². The van der Waals surface area contributed by atoms with Gasteiger partial charge in [0.25, 0.3) is 0 Å². The van der Waals surface area contributed by atoms with E-state index in [2.05, 4.69) is 9.88 Å². The molecule has 0 saturated carbocycles. The number of methoxy groups -OCH3 is 1. The maximum absolute atomic E-state index is 9.72. The number of likely N-dealkylation sites (N-methyl/N-ethyl adjacent to an activating group) is 1. The second-order valence-electron chi connectivity index (χ2n) is 5.04. The molecule has 0 fully saturated rings. The molecule has 0 spiro atoms. The van der Waals surface area contributed by atoms with Crippen LogP contribution in [-0.2, 0) is 11.3 Å². The molecule has 0 aromatic carbocycles.